The van der Waals surface area contributed by atoms with Crippen LogP contribution in [-0.4, -0.2) is 35.3 Å². The summed E-state index contributed by atoms with van der Waals surface area (Å²) in [4.78, 5) is 26.7. The largest absolute Gasteiger partial charge is 0.459 e. The number of carbonyl (C=O) groups is 2. The van der Waals surface area contributed by atoms with E-state index in [4.69, 9.17) is 4.42 Å². The van der Waals surface area contributed by atoms with E-state index in [2.05, 4.69) is 17.1 Å². The highest BCUT2D eigenvalue weighted by Crippen LogP contribution is 2.36. The minimum absolute atomic E-state index is 0.214. The Morgan fingerprint density at radius 2 is 1.84 bits per heavy atom. The summed E-state index contributed by atoms with van der Waals surface area (Å²) in [5, 5.41) is 2.81. The second-order valence-electron chi connectivity index (χ2n) is 7.45. The standard InChI is InChI=1S/C20H30N2O3/c1-2-15-7-9-16(10-8-15)22(17-11-12-17)19(23)6-3-13-21-20(24)18-5-4-14-25-18/h4-5,14-17H,2-3,6-13H2,1H3,(H,21,24). The van der Waals surface area contributed by atoms with E-state index in [-0.39, 0.29) is 11.8 Å². The second-order valence-corrected chi connectivity index (χ2v) is 7.45. The molecule has 1 N–H and O–H groups in total. The Hall–Kier alpha value is -1.78. The molecule has 0 radical (unpaired) electrons. The maximum atomic E-state index is 12.7. The number of hydrogen-bond acceptors (Lipinski definition) is 3. The molecule has 2 aliphatic rings. The summed E-state index contributed by atoms with van der Waals surface area (Å²) in [6.07, 6.45) is 11.1. The zero-order valence-corrected chi connectivity index (χ0v) is 15.2. The summed E-state index contributed by atoms with van der Waals surface area (Å²) in [6.45, 7) is 2.78. The van der Waals surface area contributed by atoms with Crippen LogP contribution in [0.25, 0.3) is 0 Å². The Morgan fingerprint density at radius 1 is 1.16 bits per heavy atom. The van der Waals surface area contributed by atoms with Crippen molar-refractivity contribution in [2.24, 2.45) is 5.92 Å². The van der Waals surface area contributed by atoms with Crippen molar-refractivity contribution in [1.82, 2.24) is 10.2 Å². The minimum Gasteiger partial charge on any atom is -0.459 e. The van der Waals surface area contributed by atoms with Gasteiger partial charge in [-0.3, -0.25) is 9.59 Å². The van der Waals surface area contributed by atoms with E-state index in [0.717, 1.165) is 31.6 Å². The third kappa shape index (κ3) is 4.86. The highest BCUT2D eigenvalue weighted by molar-refractivity contribution is 5.91. The molecule has 1 aromatic heterocycles. The lowest BCUT2D eigenvalue weighted by Gasteiger charge is -2.37. The molecule has 3 rings (SSSR count). The third-order valence-corrected chi connectivity index (χ3v) is 5.61. The molecular weight excluding hydrogens is 316 g/mol. The first-order valence-corrected chi connectivity index (χ1v) is 9.82. The fraction of sp³-hybridized carbons (Fsp3) is 0.700. The summed E-state index contributed by atoms with van der Waals surface area (Å²) in [7, 11) is 0. The molecule has 0 saturated heterocycles. The SMILES string of the molecule is CCC1CCC(N(C(=O)CCCNC(=O)c2ccco2)C2CC2)CC1. The van der Waals surface area contributed by atoms with Gasteiger partial charge in [-0.2, -0.15) is 0 Å². The Bertz CT molecular complexity index is 558. The first-order valence-electron chi connectivity index (χ1n) is 9.82. The van der Waals surface area contributed by atoms with Crippen LogP contribution >= 0.6 is 0 Å². The lowest BCUT2D eigenvalue weighted by Crippen LogP contribution is -2.44. The van der Waals surface area contributed by atoms with Crippen LogP contribution in [0.4, 0.5) is 0 Å². The van der Waals surface area contributed by atoms with E-state index < -0.39 is 0 Å². The molecule has 0 aliphatic heterocycles. The van der Waals surface area contributed by atoms with Gasteiger partial charge in [0.15, 0.2) is 5.76 Å². The van der Waals surface area contributed by atoms with Gasteiger partial charge in [0, 0.05) is 25.0 Å². The van der Waals surface area contributed by atoms with Crippen LogP contribution in [0.2, 0.25) is 0 Å². The van der Waals surface area contributed by atoms with E-state index in [1.807, 2.05) is 0 Å². The highest BCUT2D eigenvalue weighted by atomic mass is 16.3. The Labute approximate surface area is 150 Å². The van der Waals surface area contributed by atoms with Gasteiger partial charge in [-0.15, -0.1) is 0 Å². The summed E-state index contributed by atoms with van der Waals surface area (Å²) in [5.74, 6) is 1.23. The molecule has 2 amide bonds. The van der Waals surface area contributed by atoms with E-state index in [0.29, 0.717) is 37.2 Å². The predicted octanol–water partition coefficient (Wildman–Crippen LogP) is 3.75. The molecular formula is C20H30N2O3. The number of nitrogens with one attached hydrogen (secondary N) is 1. The number of carbonyl (C=O) groups excluding carboxylic acids is 2. The van der Waals surface area contributed by atoms with Gasteiger partial charge in [-0.25, -0.2) is 0 Å². The number of hydrogen-bond donors (Lipinski definition) is 1. The van der Waals surface area contributed by atoms with Gasteiger partial charge in [-0.05, 0) is 63.0 Å². The summed E-state index contributed by atoms with van der Waals surface area (Å²) in [5.41, 5.74) is 0. The van der Waals surface area contributed by atoms with Crippen molar-refractivity contribution >= 4 is 11.8 Å². The maximum absolute atomic E-state index is 12.7. The quantitative estimate of drug-likeness (QED) is 0.729. The number of furan rings is 1. The van der Waals surface area contributed by atoms with E-state index in [9.17, 15) is 9.59 Å². The molecule has 5 heteroatoms. The zero-order chi connectivity index (χ0) is 17.6. The van der Waals surface area contributed by atoms with E-state index in [1.165, 1.54) is 25.5 Å². The first-order chi connectivity index (χ1) is 12.2. The second kappa shape index (κ2) is 8.54. The van der Waals surface area contributed by atoms with E-state index >= 15 is 0 Å². The van der Waals surface area contributed by atoms with Gasteiger partial charge in [0.2, 0.25) is 5.91 Å². The molecule has 2 fully saturated rings. The summed E-state index contributed by atoms with van der Waals surface area (Å²) >= 11 is 0. The smallest absolute Gasteiger partial charge is 0.286 e. The molecule has 2 saturated carbocycles. The zero-order valence-electron chi connectivity index (χ0n) is 15.2. The summed E-state index contributed by atoms with van der Waals surface area (Å²) in [6, 6.07) is 4.26. The Morgan fingerprint density at radius 3 is 2.40 bits per heavy atom. The predicted molar refractivity (Wildman–Crippen MR) is 96.2 cm³/mol. The van der Waals surface area contributed by atoms with Crippen LogP contribution in [0.15, 0.2) is 22.8 Å². The van der Waals surface area contributed by atoms with Crippen molar-refractivity contribution in [3.63, 3.8) is 0 Å². The molecule has 0 aromatic carbocycles. The van der Waals surface area contributed by atoms with Crippen LogP contribution in [0, 0.1) is 5.92 Å². The van der Waals surface area contributed by atoms with Gasteiger partial charge in [0.05, 0.1) is 6.26 Å². The minimum atomic E-state index is -0.214. The Kier molecular flexibility index (Phi) is 6.16. The van der Waals surface area contributed by atoms with Crippen molar-refractivity contribution in [2.45, 2.75) is 76.8 Å². The van der Waals surface area contributed by atoms with Crippen LogP contribution in [0.5, 0.6) is 0 Å². The molecule has 0 bridgehead atoms. The topological polar surface area (TPSA) is 62.6 Å². The number of nitrogens with zero attached hydrogens (tertiary/aromatic N) is 1. The van der Waals surface area contributed by atoms with Gasteiger partial charge >= 0.3 is 0 Å². The number of rotatable bonds is 8. The van der Waals surface area contributed by atoms with Crippen molar-refractivity contribution in [2.75, 3.05) is 6.54 Å². The van der Waals surface area contributed by atoms with Crippen molar-refractivity contribution in [3.8, 4) is 0 Å². The number of amides is 2. The molecule has 1 aromatic rings. The van der Waals surface area contributed by atoms with Crippen LogP contribution < -0.4 is 5.32 Å². The molecule has 5 nitrogen and oxygen atoms in total. The lowest BCUT2D eigenvalue weighted by molar-refractivity contribution is -0.135. The monoisotopic (exact) mass is 346 g/mol. The van der Waals surface area contributed by atoms with E-state index in [1.54, 1.807) is 12.1 Å². The average Bonchev–Trinajstić information content (AvgIpc) is 3.30. The van der Waals surface area contributed by atoms with Gasteiger partial charge < -0.3 is 14.6 Å². The van der Waals surface area contributed by atoms with Crippen LogP contribution in [-0.2, 0) is 4.79 Å². The lowest BCUT2D eigenvalue weighted by atomic mass is 9.83. The molecule has 1 heterocycles. The van der Waals surface area contributed by atoms with Crippen molar-refractivity contribution in [3.05, 3.63) is 24.2 Å². The van der Waals surface area contributed by atoms with Gasteiger partial charge in [-0.1, -0.05) is 13.3 Å². The van der Waals surface area contributed by atoms with Crippen molar-refractivity contribution < 1.29 is 14.0 Å². The summed E-state index contributed by atoms with van der Waals surface area (Å²) < 4.78 is 5.06. The van der Waals surface area contributed by atoms with Crippen LogP contribution in [0.1, 0.15) is 75.3 Å². The van der Waals surface area contributed by atoms with Crippen LogP contribution in [0.3, 0.4) is 0 Å². The fourth-order valence-corrected chi connectivity index (χ4v) is 3.95. The molecule has 0 atom stereocenters. The molecule has 2 aliphatic carbocycles. The molecule has 0 unspecified atom stereocenters. The van der Waals surface area contributed by atoms with Gasteiger partial charge in [0.1, 0.15) is 0 Å². The maximum Gasteiger partial charge on any atom is 0.286 e. The Balaban J connectivity index is 1.41. The molecule has 0 spiro atoms. The first kappa shape index (κ1) is 18.0. The normalized spacial score (nSPS) is 23.2. The molecule has 138 valence electrons. The highest BCUT2D eigenvalue weighted by Gasteiger charge is 2.38. The fourth-order valence-electron chi connectivity index (χ4n) is 3.95. The average molecular weight is 346 g/mol. The molecule has 25 heavy (non-hydrogen) atoms. The van der Waals surface area contributed by atoms with Gasteiger partial charge in [0.25, 0.3) is 5.91 Å². The third-order valence-electron chi connectivity index (χ3n) is 5.61. The van der Waals surface area contributed by atoms with Crippen molar-refractivity contribution in [1.29, 1.82) is 0 Å².